The molecule has 34 heavy (non-hydrogen) atoms. The summed E-state index contributed by atoms with van der Waals surface area (Å²) in [5, 5.41) is 13.8. The second kappa shape index (κ2) is 13.6. The Morgan fingerprint density at radius 2 is 1.62 bits per heavy atom. The fraction of sp³-hybridized carbons (Fsp3) is 0.750. The molecule has 0 unspecified atom stereocenters. The highest BCUT2D eigenvalue weighted by Gasteiger charge is 2.45. The highest BCUT2D eigenvalue weighted by Crippen LogP contribution is 2.47. The van der Waals surface area contributed by atoms with Crippen molar-refractivity contribution in [1.82, 2.24) is 19.8 Å². The molecule has 0 bridgehead atoms. The highest BCUT2D eigenvalue weighted by molar-refractivity contribution is 5.53. The number of likely N-dealkylation sites (tertiary alicyclic amines) is 1. The van der Waals surface area contributed by atoms with Crippen LogP contribution in [0.15, 0.2) is 0 Å². The predicted octanol–water partition coefficient (Wildman–Crippen LogP) is 1.64. The van der Waals surface area contributed by atoms with Gasteiger partial charge in [-0.05, 0) is 72.6 Å². The van der Waals surface area contributed by atoms with E-state index in [4.69, 9.17) is 34.5 Å². The third-order valence-corrected chi connectivity index (χ3v) is 7.16. The molecule has 1 aromatic heterocycles. The lowest BCUT2D eigenvalue weighted by Crippen LogP contribution is -2.48. The Labute approximate surface area is 202 Å². The molecule has 4 rings (SSSR count). The van der Waals surface area contributed by atoms with Gasteiger partial charge in [-0.3, -0.25) is 9.59 Å². The second-order valence-corrected chi connectivity index (χ2v) is 9.52. The van der Waals surface area contributed by atoms with E-state index >= 15 is 0 Å². The molecule has 2 N–H and O–H groups in total. The number of likely N-dealkylation sites (N-methyl/N-ethyl adjacent to an activating group) is 2. The summed E-state index contributed by atoms with van der Waals surface area (Å²) in [6.45, 7) is 7.89. The van der Waals surface area contributed by atoms with Gasteiger partial charge in [0.05, 0.1) is 5.69 Å². The second-order valence-electron chi connectivity index (χ2n) is 9.52. The number of nitrogens with zero attached hydrogens (tertiary/aromatic N) is 5. The van der Waals surface area contributed by atoms with Gasteiger partial charge >= 0.3 is 0 Å². The summed E-state index contributed by atoms with van der Waals surface area (Å²) in [6.07, 6.45) is 7.27. The molecule has 2 saturated heterocycles. The lowest BCUT2D eigenvalue weighted by atomic mass is 9.75. The number of ether oxygens (including phenoxy) is 1. The van der Waals surface area contributed by atoms with Crippen LogP contribution >= 0.6 is 0 Å². The van der Waals surface area contributed by atoms with Crippen LogP contribution in [0.2, 0.25) is 0 Å². The highest BCUT2D eigenvalue weighted by atomic mass is 16.5. The van der Waals surface area contributed by atoms with Gasteiger partial charge < -0.3 is 29.6 Å². The Morgan fingerprint density at radius 3 is 2.18 bits per heavy atom. The third kappa shape index (κ3) is 7.10. The molecule has 0 amide bonds. The van der Waals surface area contributed by atoms with E-state index in [0.29, 0.717) is 0 Å². The largest absolute Gasteiger partial charge is 0.483 e. The lowest BCUT2D eigenvalue weighted by Gasteiger charge is -2.43. The maximum Gasteiger partial charge on any atom is 0.290 e. The minimum absolute atomic E-state index is 0.250. The van der Waals surface area contributed by atoms with Crippen molar-refractivity contribution in [1.29, 1.82) is 0 Å². The summed E-state index contributed by atoms with van der Waals surface area (Å²) in [4.78, 5) is 33.9. The zero-order valence-corrected chi connectivity index (χ0v) is 21.1. The molecular weight excluding hydrogens is 438 g/mol. The fourth-order valence-corrected chi connectivity index (χ4v) is 5.36. The maximum atomic E-state index is 8.36. The number of anilines is 1. The van der Waals surface area contributed by atoms with Crippen LogP contribution in [0.3, 0.4) is 0 Å². The summed E-state index contributed by atoms with van der Waals surface area (Å²) in [5.74, 6) is 2.10. The molecular formula is C24H41N5O5. The molecule has 2 aliphatic heterocycles. The monoisotopic (exact) mass is 479 g/mol. The molecule has 3 aliphatic rings. The molecule has 0 atom stereocenters. The van der Waals surface area contributed by atoms with E-state index in [0.717, 1.165) is 44.6 Å². The molecule has 0 aromatic carbocycles. The number of aryl methyl sites for hydroxylation is 1. The number of hydrogen-bond donors (Lipinski definition) is 2. The van der Waals surface area contributed by atoms with Crippen LogP contribution in [0, 0.1) is 6.92 Å². The van der Waals surface area contributed by atoms with E-state index < -0.39 is 0 Å². The van der Waals surface area contributed by atoms with E-state index in [1.54, 1.807) is 0 Å². The number of rotatable bonds is 5. The van der Waals surface area contributed by atoms with Crippen LogP contribution in [0.1, 0.15) is 49.2 Å². The van der Waals surface area contributed by atoms with Crippen LogP contribution < -0.4 is 4.90 Å². The van der Waals surface area contributed by atoms with Gasteiger partial charge in [0.15, 0.2) is 0 Å². The van der Waals surface area contributed by atoms with Gasteiger partial charge in [-0.1, -0.05) is 0 Å². The SMILES string of the molecule is Cc1nc(N(C)CCN(C)C)c2c(n1)C1(CC2)CCN(C2CCOCC2)CC1.O=CO.O=CO. The Balaban J connectivity index is 0.000000618. The van der Waals surface area contributed by atoms with Crippen molar-refractivity contribution >= 4 is 18.8 Å². The molecule has 0 saturated carbocycles. The van der Waals surface area contributed by atoms with Crippen molar-refractivity contribution < 1.29 is 24.5 Å². The molecule has 1 aromatic rings. The number of hydrogen-bond acceptors (Lipinski definition) is 8. The molecule has 10 nitrogen and oxygen atoms in total. The average molecular weight is 480 g/mol. The van der Waals surface area contributed by atoms with Crippen LogP contribution in [-0.4, -0.2) is 110 Å². The number of carbonyl (C=O) groups is 2. The summed E-state index contributed by atoms with van der Waals surface area (Å²) in [6, 6.07) is 0.729. The first-order valence-corrected chi connectivity index (χ1v) is 12.0. The van der Waals surface area contributed by atoms with Gasteiger partial charge in [-0.25, -0.2) is 9.97 Å². The van der Waals surface area contributed by atoms with E-state index in [1.165, 1.54) is 62.3 Å². The van der Waals surface area contributed by atoms with Crippen molar-refractivity contribution in [3.63, 3.8) is 0 Å². The van der Waals surface area contributed by atoms with Crippen molar-refractivity contribution in [3.05, 3.63) is 17.1 Å². The van der Waals surface area contributed by atoms with Gasteiger partial charge in [-0.2, -0.15) is 0 Å². The Kier molecular flexibility index (Phi) is 11.1. The van der Waals surface area contributed by atoms with Crippen molar-refractivity contribution in [3.8, 4) is 0 Å². The van der Waals surface area contributed by atoms with Gasteiger partial charge in [0.25, 0.3) is 12.9 Å². The normalized spacial score (nSPS) is 19.4. The smallest absolute Gasteiger partial charge is 0.290 e. The van der Waals surface area contributed by atoms with Gasteiger partial charge in [0, 0.05) is 50.4 Å². The number of piperidine rings is 1. The zero-order valence-electron chi connectivity index (χ0n) is 21.1. The first-order valence-electron chi connectivity index (χ1n) is 12.0. The first-order chi connectivity index (χ1) is 16.3. The van der Waals surface area contributed by atoms with E-state index in [-0.39, 0.29) is 18.4 Å². The standard InChI is InChI=1S/C22H37N5O.2CH2O2/c1-17-23-20-19(21(24-17)26(4)14-13-25(2)3)5-8-22(20)9-11-27(12-10-22)18-6-15-28-16-7-18;2*2-1-3/h18H,5-16H2,1-4H3;2*1H,(H,2,3). The topological polar surface area (TPSA) is 119 Å². The summed E-state index contributed by atoms with van der Waals surface area (Å²) in [7, 11) is 6.44. The van der Waals surface area contributed by atoms with E-state index in [2.05, 4.69) is 42.8 Å². The molecule has 0 radical (unpaired) electrons. The average Bonchev–Trinajstić information content (AvgIpc) is 3.16. The number of aromatic nitrogens is 2. The van der Waals surface area contributed by atoms with E-state index in [9.17, 15) is 0 Å². The van der Waals surface area contributed by atoms with Crippen molar-refractivity contribution in [2.24, 2.45) is 0 Å². The van der Waals surface area contributed by atoms with Crippen molar-refractivity contribution in [2.45, 2.75) is 56.9 Å². The molecule has 1 spiro atoms. The van der Waals surface area contributed by atoms with Gasteiger partial charge in [0.2, 0.25) is 0 Å². The van der Waals surface area contributed by atoms with Gasteiger partial charge in [-0.15, -0.1) is 0 Å². The lowest BCUT2D eigenvalue weighted by molar-refractivity contribution is -0.123. The Morgan fingerprint density at radius 1 is 1.03 bits per heavy atom. The van der Waals surface area contributed by atoms with E-state index in [1.807, 2.05) is 0 Å². The predicted molar refractivity (Wildman–Crippen MR) is 131 cm³/mol. The summed E-state index contributed by atoms with van der Waals surface area (Å²) < 4.78 is 5.56. The Hall–Kier alpha value is -2.30. The first kappa shape index (κ1) is 27.9. The minimum atomic E-state index is -0.250. The number of fused-ring (bicyclic) bond motifs is 2. The molecule has 10 heteroatoms. The Bertz CT molecular complexity index is 771. The number of carboxylic acid groups (broad SMARTS) is 2. The summed E-state index contributed by atoms with van der Waals surface area (Å²) in [5.41, 5.74) is 3.08. The molecule has 192 valence electrons. The van der Waals surface area contributed by atoms with Gasteiger partial charge in [0.1, 0.15) is 11.6 Å². The van der Waals surface area contributed by atoms with Crippen LogP contribution in [0.5, 0.6) is 0 Å². The van der Waals surface area contributed by atoms with Crippen LogP contribution in [0.4, 0.5) is 5.82 Å². The van der Waals surface area contributed by atoms with Crippen molar-refractivity contribution in [2.75, 3.05) is 65.4 Å². The quantitative estimate of drug-likeness (QED) is 0.603. The fourth-order valence-electron chi connectivity index (χ4n) is 5.36. The molecule has 2 fully saturated rings. The zero-order chi connectivity index (χ0) is 25.1. The minimum Gasteiger partial charge on any atom is -0.483 e. The third-order valence-electron chi connectivity index (χ3n) is 7.16. The van der Waals surface area contributed by atoms with Crippen LogP contribution in [0.25, 0.3) is 0 Å². The molecule has 3 heterocycles. The maximum absolute atomic E-state index is 8.36. The summed E-state index contributed by atoms with van der Waals surface area (Å²) >= 11 is 0. The molecule has 1 aliphatic carbocycles. The van der Waals surface area contributed by atoms with Crippen LogP contribution in [-0.2, 0) is 26.2 Å².